The van der Waals surface area contributed by atoms with Crippen molar-refractivity contribution in [2.45, 2.75) is 122 Å². The van der Waals surface area contributed by atoms with Crippen molar-refractivity contribution >= 4 is 10.4 Å². The first-order valence-corrected chi connectivity index (χ1v) is 12.7. The van der Waals surface area contributed by atoms with Crippen molar-refractivity contribution in [2.75, 3.05) is 6.61 Å². The van der Waals surface area contributed by atoms with E-state index in [0.717, 1.165) is 12.8 Å². The van der Waals surface area contributed by atoms with E-state index in [2.05, 4.69) is 23.3 Å². The lowest BCUT2D eigenvalue weighted by Gasteiger charge is -2.02. The van der Waals surface area contributed by atoms with E-state index in [0.29, 0.717) is 6.42 Å². The molecule has 0 aliphatic rings. The van der Waals surface area contributed by atoms with E-state index >= 15 is 0 Å². The van der Waals surface area contributed by atoms with Gasteiger partial charge in [-0.05, 0) is 32.1 Å². The Morgan fingerprint density at radius 1 is 0.630 bits per heavy atom. The van der Waals surface area contributed by atoms with Gasteiger partial charge in [-0.2, -0.15) is 8.42 Å². The van der Waals surface area contributed by atoms with Crippen molar-refractivity contribution in [1.82, 2.24) is 0 Å². The molecule has 0 atom stereocenters. The minimum atomic E-state index is -4.25. The first-order valence-electron chi connectivity index (χ1n) is 11.3. The van der Waals surface area contributed by atoms with Crippen LogP contribution in [0.4, 0.5) is 0 Å². The second-order valence-electron chi connectivity index (χ2n) is 7.60. The molecule has 0 saturated carbocycles. The van der Waals surface area contributed by atoms with Crippen LogP contribution in [0.2, 0.25) is 0 Å². The molecule has 0 heterocycles. The Morgan fingerprint density at radius 2 is 1.00 bits per heavy atom. The molecule has 0 aromatic rings. The van der Waals surface area contributed by atoms with Crippen molar-refractivity contribution in [3.05, 3.63) is 12.2 Å². The van der Waals surface area contributed by atoms with Crippen LogP contribution in [0.15, 0.2) is 12.2 Å². The normalized spacial score (nSPS) is 12.2. The molecule has 0 aliphatic carbocycles. The second-order valence-corrected chi connectivity index (χ2v) is 8.69. The highest BCUT2D eigenvalue weighted by Crippen LogP contribution is 2.12. The molecule has 0 unspecified atom stereocenters. The molecule has 0 aliphatic heterocycles. The monoisotopic (exact) mass is 404 g/mol. The van der Waals surface area contributed by atoms with Crippen LogP contribution in [-0.4, -0.2) is 19.6 Å². The summed E-state index contributed by atoms with van der Waals surface area (Å²) in [5, 5.41) is 0. The Kier molecular flexibility index (Phi) is 20.1. The average Bonchev–Trinajstić information content (AvgIpc) is 2.62. The van der Waals surface area contributed by atoms with E-state index in [-0.39, 0.29) is 6.61 Å². The predicted octanol–water partition coefficient (Wildman–Crippen LogP) is 7.40. The topological polar surface area (TPSA) is 63.6 Å². The molecule has 162 valence electrons. The van der Waals surface area contributed by atoms with Crippen LogP contribution in [0.25, 0.3) is 0 Å². The zero-order valence-electron chi connectivity index (χ0n) is 17.7. The van der Waals surface area contributed by atoms with Gasteiger partial charge in [-0.25, -0.2) is 4.18 Å². The van der Waals surface area contributed by atoms with Crippen molar-refractivity contribution in [1.29, 1.82) is 0 Å². The third-order valence-electron chi connectivity index (χ3n) is 4.89. The Balaban J connectivity index is 3.11. The fraction of sp³-hybridized carbons (Fsp3) is 0.909. The summed E-state index contributed by atoms with van der Waals surface area (Å²) in [7, 11) is -4.25. The smallest absolute Gasteiger partial charge is 0.264 e. The number of hydrogen-bond acceptors (Lipinski definition) is 3. The van der Waals surface area contributed by atoms with Gasteiger partial charge in [-0.1, -0.05) is 103 Å². The summed E-state index contributed by atoms with van der Waals surface area (Å²) in [5.41, 5.74) is 0. The molecule has 0 aromatic heterocycles. The second kappa shape index (κ2) is 20.3. The maximum Gasteiger partial charge on any atom is 0.397 e. The van der Waals surface area contributed by atoms with Gasteiger partial charge in [-0.15, -0.1) is 0 Å². The lowest BCUT2D eigenvalue weighted by Crippen LogP contribution is -2.04. The molecule has 0 rings (SSSR count). The summed E-state index contributed by atoms with van der Waals surface area (Å²) in [4.78, 5) is 0. The summed E-state index contributed by atoms with van der Waals surface area (Å²) >= 11 is 0. The SMILES string of the molecule is CCCCCCCCC=CCCCCCCCCCCCCOS(=O)(=O)O. The van der Waals surface area contributed by atoms with Crippen molar-refractivity contribution in [3.63, 3.8) is 0 Å². The molecule has 0 bridgehead atoms. The van der Waals surface area contributed by atoms with Crippen LogP contribution in [0, 0.1) is 0 Å². The van der Waals surface area contributed by atoms with Gasteiger partial charge in [-0.3, -0.25) is 4.55 Å². The molecule has 1 N–H and O–H groups in total. The van der Waals surface area contributed by atoms with Crippen molar-refractivity contribution in [2.24, 2.45) is 0 Å². The van der Waals surface area contributed by atoms with Crippen LogP contribution in [0.1, 0.15) is 122 Å². The van der Waals surface area contributed by atoms with Crippen molar-refractivity contribution in [3.8, 4) is 0 Å². The Morgan fingerprint density at radius 3 is 1.41 bits per heavy atom. The number of hydrogen-bond donors (Lipinski definition) is 1. The molecule has 0 aromatic carbocycles. The van der Waals surface area contributed by atoms with E-state index in [4.69, 9.17) is 4.55 Å². The van der Waals surface area contributed by atoms with Gasteiger partial charge in [0.2, 0.25) is 0 Å². The predicted molar refractivity (Wildman–Crippen MR) is 115 cm³/mol. The van der Waals surface area contributed by atoms with Crippen molar-refractivity contribution < 1.29 is 17.2 Å². The summed E-state index contributed by atoms with van der Waals surface area (Å²) in [6, 6.07) is 0. The maximum absolute atomic E-state index is 10.4. The van der Waals surface area contributed by atoms with E-state index in [1.165, 1.54) is 96.3 Å². The van der Waals surface area contributed by atoms with Gasteiger partial charge in [0, 0.05) is 0 Å². The zero-order valence-corrected chi connectivity index (χ0v) is 18.5. The summed E-state index contributed by atoms with van der Waals surface area (Å²) in [6.45, 7) is 2.36. The Labute approximate surface area is 169 Å². The van der Waals surface area contributed by atoms with E-state index in [1.54, 1.807) is 0 Å². The fourth-order valence-corrected chi connectivity index (χ4v) is 3.55. The highest BCUT2D eigenvalue weighted by molar-refractivity contribution is 7.80. The van der Waals surface area contributed by atoms with E-state index in [1.807, 2.05) is 0 Å². The molecule has 0 amide bonds. The Bertz CT molecular complexity index is 418. The van der Waals surface area contributed by atoms with Crippen LogP contribution in [0.5, 0.6) is 0 Å². The number of rotatable bonds is 21. The van der Waals surface area contributed by atoms with Gasteiger partial charge < -0.3 is 0 Å². The van der Waals surface area contributed by atoms with E-state index < -0.39 is 10.4 Å². The zero-order chi connectivity index (χ0) is 20.1. The molecule has 0 fully saturated rings. The number of allylic oxidation sites excluding steroid dienone is 2. The van der Waals surface area contributed by atoms with Gasteiger partial charge in [0.15, 0.2) is 0 Å². The molecule has 0 spiro atoms. The summed E-state index contributed by atoms with van der Waals surface area (Å²) in [5.74, 6) is 0. The van der Waals surface area contributed by atoms with Gasteiger partial charge in [0.05, 0.1) is 6.61 Å². The molecule has 27 heavy (non-hydrogen) atoms. The largest absolute Gasteiger partial charge is 0.397 e. The van der Waals surface area contributed by atoms with Crippen LogP contribution in [0.3, 0.4) is 0 Å². The third-order valence-corrected chi connectivity index (χ3v) is 5.35. The minimum absolute atomic E-state index is 0.0895. The molecular weight excluding hydrogens is 360 g/mol. The van der Waals surface area contributed by atoms with E-state index in [9.17, 15) is 8.42 Å². The summed E-state index contributed by atoms with van der Waals surface area (Å²) in [6.07, 6.45) is 27.4. The standard InChI is InChI=1S/C22H44O4S/c1-2-3-4-5-6-7-8-9-10-11-12-13-14-15-16-17-18-19-20-21-22-26-27(23,24)25/h9-10H,2-8,11-22H2,1H3,(H,23,24,25). The molecule has 5 heteroatoms. The number of unbranched alkanes of at least 4 members (excludes halogenated alkanes) is 16. The van der Waals surface area contributed by atoms with Crippen LogP contribution >= 0.6 is 0 Å². The molecular formula is C22H44O4S. The Hall–Kier alpha value is -0.390. The van der Waals surface area contributed by atoms with Gasteiger partial charge in [0.1, 0.15) is 0 Å². The first kappa shape index (κ1) is 26.6. The first-order chi connectivity index (χ1) is 13.1. The third kappa shape index (κ3) is 25.6. The quantitative estimate of drug-likeness (QED) is 0.123. The molecule has 0 saturated heterocycles. The average molecular weight is 405 g/mol. The highest BCUT2D eigenvalue weighted by Gasteiger charge is 2.02. The van der Waals surface area contributed by atoms with Gasteiger partial charge >= 0.3 is 10.4 Å². The molecule has 0 radical (unpaired) electrons. The highest BCUT2D eigenvalue weighted by atomic mass is 32.3. The van der Waals surface area contributed by atoms with Crippen LogP contribution in [-0.2, 0) is 14.6 Å². The molecule has 4 nitrogen and oxygen atoms in total. The lowest BCUT2D eigenvalue weighted by atomic mass is 10.1. The summed E-state index contributed by atoms with van der Waals surface area (Å²) < 4.78 is 33.4. The maximum atomic E-state index is 10.4. The minimum Gasteiger partial charge on any atom is -0.264 e. The lowest BCUT2D eigenvalue weighted by molar-refractivity contribution is 0.261. The fourth-order valence-electron chi connectivity index (χ4n) is 3.22. The van der Waals surface area contributed by atoms with Gasteiger partial charge in [0.25, 0.3) is 0 Å². The van der Waals surface area contributed by atoms with Crippen LogP contribution < -0.4 is 0 Å².